The lowest BCUT2D eigenvalue weighted by Gasteiger charge is -2.53. The number of piperazine rings is 2. The van der Waals surface area contributed by atoms with Crippen molar-refractivity contribution in [1.29, 1.82) is 0 Å². The third-order valence-electron chi connectivity index (χ3n) is 8.55. The number of rotatable bonds is 14. The lowest BCUT2D eigenvalue weighted by molar-refractivity contribution is -0.137. The van der Waals surface area contributed by atoms with Crippen LogP contribution >= 0.6 is 0 Å². The Morgan fingerprint density at radius 3 is 2.20 bits per heavy atom. The van der Waals surface area contributed by atoms with Crippen LogP contribution in [-0.4, -0.2) is 116 Å². The minimum Gasteiger partial charge on any atom is -0.481 e. The van der Waals surface area contributed by atoms with Gasteiger partial charge < -0.3 is 23.8 Å². The first kappa shape index (κ1) is 33.5. The number of nitrogens with zero attached hydrogens (tertiary/aromatic N) is 5. The molecule has 2 aliphatic heterocycles. The largest absolute Gasteiger partial charge is 0.481 e. The van der Waals surface area contributed by atoms with E-state index in [1.165, 1.54) is 18.2 Å². The number of amides is 1. The monoisotopic (exact) mass is 639 g/mol. The van der Waals surface area contributed by atoms with Crippen molar-refractivity contribution >= 4 is 5.91 Å². The van der Waals surface area contributed by atoms with Crippen molar-refractivity contribution < 1.29 is 32.5 Å². The van der Waals surface area contributed by atoms with Crippen LogP contribution in [0.5, 0.6) is 17.8 Å². The molecule has 0 saturated carbocycles. The molecule has 2 aliphatic rings. The van der Waals surface area contributed by atoms with Crippen LogP contribution in [0.15, 0.2) is 60.7 Å². The highest BCUT2D eigenvalue weighted by Crippen LogP contribution is 2.37. The summed E-state index contributed by atoms with van der Waals surface area (Å²) >= 11 is 0. The Balaban J connectivity index is 1.51. The van der Waals surface area contributed by atoms with Crippen molar-refractivity contribution in [3.63, 3.8) is 0 Å². The van der Waals surface area contributed by atoms with Crippen molar-refractivity contribution in [3.8, 4) is 17.8 Å². The number of carbonyl (C=O) groups excluding carboxylic acids is 1. The summed E-state index contributed by atoms with van der Waals surface area (Å²) in [6, 6.07) is 21.0. The van der Waals surface area contributed by atoms with Gasteiger partial charge in [0.2, 0.25) is 17.7 Å². The number of halogens is 2. The van der Waals surface area contributed by atoms with Gasteiger partial charge in [0.05, 0.1) is 32.3 Å². The van der Waals surface area contributed by atoms with E-state index in [9.17, 15) is 13.6 Å². The topological polar surface area (TPSA) is 89.5 Å². The molecule has 0 bridgehead atoms. The molecule has 1 amide bonds. The average Bonchev–Trinajstić information content (AvgIpc) is 3.08. The summed E-state index contributed by atoms with van der Waals surface area (Å²) in [5.74, 6) is 0.605. The molecule has 3 aromatic rings. The molecule has 0 N–H and O–H groups in total. The van der Waals surface area contributed by atoms with Crippen LogP contribution in [0.3, 0.4) is 0 Å². The van der Waals surface area contributed by atoms with Crippen LogP contribution in [0.2, 0.25) is 0 Å². The Labute approximate surface area is 269 Å². The molecule has 1 aromatic heterocycles. The fraction of sp³-hybridized carbons (Fsp3) is 0.500. The van der Waals surface area contributed by atoms with Gasteiger partial charge in [0.1, 0.15) is 0 Å². The maximum absolute atomic E-state index is 13.1. The third-order valence-corrected chi connectivity index (χ3v) is 8.55. The van der Waals surface area contributed by atoms with Gasteiger partial charge >= 0.3 is 6.01 Å². The van der Waals surface area contributed by atoms with E-state index < -0.39 is 13.0 Å². The van der Waals surface area contributed by atoms with Gasteiger partial charge in [-0.05, 0) is 18.1 Å². The second-order valence-electron chi connectivity index (χ2n) is 11.5. The molecular weight excluding hydrogens is 596 g/mol. The number of hydrogen-bond acceptors (Lipinski definition) is 9. The molecule has 3 heterocycles. The Morgan fingerprint density at radius 2 is 1.59 bits per heavy atom. The predicted molar refractivity (Wildman–Crippen MR) is 169 cm³/mol. The van der Waals surface area contributed by atoms with Crippen molar-refractivity contribution in [3.05, 3.63) is 77.4 Å². The lowest BCUT2D eigenvalue weighted by Crippen LogP contribution is -2.67. The molecule has 2 fully saturated rings. The summed E-state index contributed by atoms with van der Waals surface area (Å²) in [4.78, 5) is 28.6. The van der Waals surface area contributed by atoms with Crippen molar-refractivity contribution in [2.45, 2.75) is 44.3 Å². The highest BCUT2D eigenvalue weighted by atomic mass is 19.3. The Bertz CT molecular complexity index is 1360. The minimum atomic E-state index is -2.67. The number of aromatic nitrogens is 2. The highest BCUT2D eigenvalue weighted by Gasteiger charge is 2.43. The van der Waals surface area contributed by atoms with E-state index in [1.54, 1.807) is 7.11 Å². The molecule has 5 rings (SSSR count). The zero-order valence-electron chi connectivity index (χ0n) is 26.7. The van der Waals surface area contributed by atoms with Crippen LogP contribution in [0.4, 0.5) is 8.78 Å². The summed E-state index contributed by atoms with van der Waals surface area (Å²) < 4.78 is 47.6. The van der Waals surface area contributed by atoms with Gasteiger partial charge in [0.25, 0.3) is 6.43 Å². The van der Waals surface area contributed by atoms with E-state index in [0.717, 1.165) is 6.54 Å². The molecule has 2 aromatic carbocycles. The number of methoxy groups -OCH3 is 2. The maximum atomic E-state index is 13.1. The van der Waals surface area contributed by atoms with E-state index in [0.29, 0.717) is 57.9 Å². The number of hydrogen-bond donors (Lipinski definition) is 0. The molecule has 2 atom stereocenters. The van der Waals surface area contributed by atoms with Crippen molar-refractivity contribution in [2.24, 2.45) is 0 Å². The minimum absolute atomic E-state index is 0.0602. The molecule has 12 heteroatoms. The first-order valence-electron chi connectivity index (χ1n) is 15.7. The van der Waals surface area contributed by atoms with Gasteiger partial charge in [-0.15, -0.1) is 0 Å². The molecule has 0 spiro atoms. The SMILES string of the molecule is CCOc1nc(OCC(F)F)nc(OC)c1CN1CC(C(c2ccccc2)c2ccccc2)N2CCN(C(=O)CCOC)C[C@H]2C1. The molecule has 0 radical (unpaired) electrons. The molecule has 10 nitrogen and oxygen atoms in total. The second kappa shape index (κ2) is 16.1. The van der Waals surface area contributed by atoms with Gasteiger partial charge in [0.15, 0.2) is 6.61 Å². The van der Waals surface area contributed by atoms with E-state index in [4.69, 9.17) is 18.9 Å². The summed E-state index contributed by atoms with van der Waals surface area (Å²) in [7, 11) is 3.08. The number of alkyl halides is 2. The van der Waals surface area contributed by atoms with E-state index >= 15 is 0 Å². The highest BCUT2D eigenvalue weighted by molar-refractivity contribution is 5.76. The molecule has 248 valence electrons. The molecule has 46 heavy (non-hydrogen) atoms. The van der Waals surface area contributed by atoms with Crippen LogP contribution in [0.25, 0.3) is 0 Å². The van der Waals surface area contributed by atoms with E-state index in [-0.39, 0.29) is 41.7 Å². The Hall–Kier alpha value is -3.87. The van der Waals surface area contributed by atoms with Crippen LogP contribution in [0, 0.1) is 0 Å². The molecule has 0 aliphatic carbocycles. The van der Waals surface area contributed by atoms with Gasteiger partial charge in [-0.25, -0.2) is 8.78 Å². The first-order valence-corrected chi connectivity index (χ1v) is 15.7. The standard InChI is InChI=1S/C34H43F2N5O5/c1-4-45-33-27(32(44-3)37-34(38-33)46-23-29(35)36)21-39-19-26-20-40(30(42)15-18-43-2)16-17-41(26)28(22-39)31(24-11-7-5-8-12-24)25-13-9-6-10-14-25/h5-14,26,28-29,31H,4,15-23H2,1-3H3/t26-,28?/m1/s1. The predicted octanol–water partition coefficient (Wildman–Crippen LogP) is 4.09. The first-order chi connectivity index (χ1) is 22.4. The van der Waals surface area contributed by atoms with Crippen molar-refractivity contribution in [2.75, 3.05) is 66.8 Å². The van der Waals surface area contributed by atoms with Crippen LogP contribution < -0.4 is 14.2 Å². The fourth-order valence-electron chi connectivity index (χ4n) is 6.58. The molecule has 2 saturated heterocycles. The normalized spacial score (nSPS) is 18.9. The zero-order chi connectivity index (χ0) is 32.5. The number of benzene rings is 2. The summed E-state index contributed by atoms with van der Waals surface area (Å²) in [5, 5.41) is 0. The third kappa shape index (κ3) is 8.09. The number of carbonyl (C=O) groups is 1. The Morgan fingerprint density at radius 1 is 0.913 bits per heavy atom. The second-order valence-corrected chi connectivity index (χ2v) is 11.5. The zero-order valence-corrected chi connectivity index (χ0v) is 26.7. The summed E-state index contributed by atoms with van der Waals surface area (Å²) in [6.07, 6.45) is -2.32. The van der Waals surface area contributed by atoms with Crippen molar-refractivity contribution in [1.82, 2.24) is 24.7 Å². The van der Waals surface area contributed by atoms with E-state index in [2.05, 4.69) is 68.3 Å². The molecule has 1 unspecified atom stereocenters. The molecular formula is C34H43F2N5O5. The quantitative estimate of drug-likeness (QED) is 0.259. The van der Waals surface area contributed by atoms with Gasteiger partial charge in [-0.3, -0.25) is 14.6 Å². The maximum Gasteiger partial charge on any atom is 0.323 e. The van der Waals surface area contributed by atoms with E-state index in [1.807, 2.05) is 24.0 Å². The summed E-state index contributed by atoms with van der Waals surface area (Å²) in [5.41, 5.74) is 3.05. The fourth-order valence-corrected chi connectivity index (χ4v) is 6.58. The Kier molecular flexibility index (Phi) is 11.7. The van der Waals surface area contributed by atoms with Gasteiger partial charge in [-0.2, -0.15) is 9.97 Å². The van der Waals surface area contributed by atoms with Crippen LogP contribution in [0.1, 0.15) is 36.0 Å². The summed E-state index contributed by atoms with van der Waals surface area (Å²) in [6.45, 7) is 5.48. The average molecular weight is 640 g/mol. The smallest absolute Gasteiger partial charge is 0.323 e. The lowest BCUT2D eigenvalue weighted by atomic mass is 9.81. The number of ether oxygens (including phenoxy) is 4. The number of fused-ring (bicyclic) bond motifs is 1. The van der Waals surface area contributed by atoms with Gasteiger partial charge in [0, 0.05) is 64.4 Å². The van der Waals surface area contributed by atoms with Crippen LogP contribution in [-0.2, 0) is 16.1 Å². The van der Waals surface area contributed by atoms with Gasteiger partial charge in [-0.1, -0.05) is 60.7 Å².